The lowest BCUT2D eigenvalue weighted by atomic mass is 10.0. The van der Waals surface area contributed by atoms with Gasteiger partial charge in [0.1, 0.15) is 28.8 Å². The quantitative estimate of drug-likeness (QED) is 0.0523. The molecular weight excluding hydrogens is 751 g/mol. The zero-order valence-electron chi connectivity index (χ0n) is 34.0. The van der Waals surface area contributed by atoms with E-state index in [1.54, 1.807) is 43.3 Å². The van der Waals surface area contributed by atoms with Gasteiger partial charge in [0, 0.05) is 18.6 Å². The summed E-state index contributed by atoms with van der Waals surface area (Å²) in [6.07, 6.45) is 0.788. The standard InChI is InChI=1S/C23H31NO5.C20H28N2O5S/c1-5-28-22(26)14-29-21-13-15(2)19(12-16(21)3)10-11-24-17(4)23(27)18-6-8-20(25)9-7-18;1-4-26-17-7-5-6-8-18(17)27-12-11-22-15(2)13-16-9-10-19(25-3)20(14-16)28(21,23)24/h6-9,12-13,17,23-25,27H,5,10-11,14H2,1-4H3;5-10,14-15,22H,4,11-13H2,1-3H3,(H2,21,23,24)/t17-,23-;15-/m01/s1. The fourth-order valence-electron chi connectivity index (χ4n) is 5.93. The number of aromatic hydroxyl groups is 1. The van der Waals surface area contributed by atoms with Gasteiger partial charge >= 0.3 is 5.97 Å². The van der Waals surface area contributed by atoms with Gasteiger partial charge < -0.3 is 44.5 Å². The third-order valence-electron chi connectivity index (χ3n) is 8.93. The number of carbonyl (C=O) groups is 1. The normalized spacial score (nSPS) is 12.7. The number of nitrogens with two attached hydrogens (primary N) is 1. The number of hydrogen-bond acceptors (Lipinski definition) is 12. The Kier molecular flexibility index (Phi) is 19.1. The van der Waals surface area contributed by atoms with Crippen LogP contribution in [0.15, 0.2) is 83.8 Å². The van der Waals surface area contributed by atoms with Crippen molar-refractivity contribution in [1.82, 2.24) is 10.6 Å². The van der Waals surface area contributed by atoms with E-state index in [1.807, 2.05) is 71.0 Å². The number of methoxy groups -OCH3 is 1. The lowest BCUT2D eigenvalue weighted by Gasteiger charge is -2.21. The molecule has 0 saturated carbocycles. The Morgan fingerprint density at radius 2 is 1.49 bits per heavy atom. The van der Waals surface area contributed by atoms with Crippen LogP contribution in [0.25, 0.3) is 0 Å². The van der Waals surface area contributed by atoms with Gasteiger partial charge in [-0.2, -0.15) is 0 Å². The smallest absolute Gasteiger partial charge is 0.344 e. The first kappa shape index (κ1) is 46.5. The number of aryl methyl sites for hydroxylation is 2. The summed E-state index contributed by atoms with van der Waals surface area (Å²) in [5.74, 6) is 2.18. The Bertz CT molecular complexity index is 1960. The van der Waals surface area contributed by atoms with Gasteiger partial charge in [0.25, 0.3) is 0 Å². The van der Waals surface area contributed by atoms with Crippen molar-refractivity contribution in [3.63, 3.8) is 0 Å². The molecule has 0 aliphatic rings. The zero-order valence-corrected chi connectivity index (χ0v) is 34.9. The summed E-state index contributed by atoms with van der Waals surface area (Å²) >= 11 is 0. The van der Waals surface area contributed by atoms with E-state index in [2.05, 4.69) is 16.7 Å². The second-order valence-corrected chi connectivity index (χ2v) is 15.0. The highest BCUT2D eigenvalue weighted by molar-refractivity contribution is 7.89. The van der Waals surface area contributed by atoms with Crippen molar-refractivity contribution in [2.75, 3.05) is 46.6 Å². The average Bonchev–Trinajstić information content (AvgIpc) is 3.18. The molecule has 14 heteroatoms. The lowest BCUT2D eigenvalue weighted by Crippen LogP contribution is -2.33. The molecule has 13 nitrogen and oxygen atoms in total. The van der Waals surface area contributed by atoms with Gasteiger partial charge in [0.15, 0.2) is 18.1 Å². The predicted octanol–water partition coefficient (Wildman–Crippen LogP) is 5.55. The summed E-state index contributed by atoms with van der Waals surface area (Å²) in [5.41, 5.74) is 4.85. The third kappa shape index (κ3) is 15.5. The molecule has 0 saturated heterocycles. The monoisotopic (exact) mass is 809 g/mol. The molecule has 57 heavy (non-hydrogen) atoms. The minimum absolute atomic E-state index is 0.00411. The molecule has 6 N–H and O–H groups in total. The van der Waals surface area contributed by atoms with E-state index in [0.717, 1.165) is 34.4 Å². The van der Waals surface area contributed by atoms with Gasteiger partial charge in [-0.25, -0.2) is 18.4 Å². The molecule has 4 aromatic carbocycles. The Hall–Kier alpha value is -4.86. The second-order valence-electron chi connectivity index (χ2n) is 13.5. The number of phenolic OH excluding ortho intramolecular Hbond substituents is 1. The van der Waals surface area contributed by atoms with Crippen molar-refractivity contribution in [1.29, 1.82) is 0 Å². The van der Waals surface area contributed by atoms with E-state index in [1.165, 1.54) is 12.7 Å². The van der Waals surface area contributed by atoms with Gasteiger partial charge in [-0.05, 0) is 131 Å². The highest BCUT2D eigenvalue weighted by Gasteiger charge is 2.18. The first-order chi connectivity index (χ1) is 27.2. The fourth-order valence-corrected chi connectivity index (χ4v) is 6.67. The number of sulfonamides is 1. The molecule has 0 fully saturated rings. The largest absolute Gasteiger partial charge is 0.508 e. The average molecular weight is 810 g/mol. The van der Waals surface area contributed by atoms with E-state index in [0.29, 0.717) is 50.8 Å². The van der Waals surface area contributed by atoms with E-state index >= 15 is 0 Å². The van der Waals surface area contributed by atoms with Gasteiger partial charge in [0.05, 0.1) is 26.4 Å². The zero-order chi connectivity index (χ0) is 42.0. The van der Waals surface area contributed by atoms with E-state index < -0.39 is 16.1 Å². The molecule has 0 aromatic heterocycles. The molecule has 0 heterocycles. The number of primary sulfonamides is 1. The highest BCUT2D eigenvalue weighted by atomic mass is 32.2. The van der Waals surface area contributed by atoms with Crippen LogP contribution in [-0.4, -0.2) is 83.3 Å². The van der Waals surface area contributed by atoms with Gasteiger partial charge in [0.2, 0.25) is 10.0 Å². The lowest BCUT2D eigenvalue weighted by molar-refractivity contribution is -0.145. The van der Waals surface area contributed by atoms with Crippen molar-refractivity contribution in [2.24, 2.45) is 5.14 Å². The third-order valence-corrected chi connectivity index (χ3v) is 9.86. The number of rotatable bonds is 21. The summed E-state index contributed by atoms with van der Waals surface area (Å²) in [6.45, 7) is 14.3. The van der Waals surface area contributed by atoms with Crippen molar-refractivity contribution < 1.29 is 47.1 Å². The topological polar surface area (TPSA) is 188 Å². The number of benzene rings is 4. The van der Waals surface area contributed by atoms with Crippen LogP contribution in [0.5, 0.6) is 28.7 Å². The van der Waals surface area contributed by atoms with E-state index in [9.17, 15) is 23.4 Å². The van der Waals surface area contributed by atoms with Crippen LogP contribution < -0.4 is 34.7 Å². The molecule has 0 aliphatic heterocycles. The number of aliphatic hydroxyl groups is 1. The number of aliphatic hydroxyl groups excluding tert-OH is 1. The first-order valence-electron chi connectivity index (χ1n) is 19.0. The number of esters is 1. The summed E-state index contributed by atoms with van der Waals surface area (Å²) in [6, 6.07) is 23.2. The Morgan fingerprint density at radius 3 is 2.12 bits per heavy atom. The molecule has 312 valence electrons. The van der Waals surface area contributed by atoms with Crippen LogP contribution in [0.3, 0.4) is 0 Å². The molecule has 4 aromatic rings. The molecular formula is C43H59N3O10S. The van der Waals surface area contributed by atoms with Crippen molar-refractivity contribution in [3.8, 4) is 28.7 Å². The molecule has 0 bridgehead atoms. The van der Waals surface area contributed by atoms with Gasteiger partial charge in [-0.1, -0.05) is 36.4 Å². The van der Waals surface area contributed by atoms with Crippen LogP contribution in [0.1, 0.15) is 61.6 Å². The summed E-state index contributed by atoms with van der Waals surface area (Å²) in [4.78, 5) is 11.5. The minimum atomic E-state index is -3.84. The number of ether oxygens (including phenoxy) is 5. The van der Waals surface area contributed by atoms with Crippen LogP contribution in [-0.2, 0) is 32.4 Å². The van der Waals surface area contributed by atoms with E-state index in [4.69, 9.17) is 28.8 Å². The summed E-state index contributed by atoms with van der Waals surface area (Å²) in [5, 5.41) is 31.8. The fraction of sp³-hybridized carbons (Fsp3) is 0.419. The molecule has 0 unspecified atom stereocenters. The molecule has 0 radical (unpaired) electrons. The minimum Gasteiger partial charge on any atom is -0.508 e. The van der Waals surface area contributed by atoms with Crippen molar-refractivity contribution in [2.45, 2.75) is 77.5 Å². The van der Waals surface area contributed by atoms with E-state index in [-0.39, 0.29) is 41.1 Å². The van der Waals surface area contributed by atoms with Crippen LogP contribution in [0.2, 0.25) is 0 Å². The van der Waals surface area contributed by atoms with Crippen LogP contribution >= 0.6 is 0 Å². The molecule has 0 amide bonds. The number of para-hydroxylation sites is 2. The maximum atomic E-state index is 11.7. The summed E-state index contributed by atoms with van der Waals surface area (Å²) in [7, 11) is -2.43. The van der Waals surface area contributed by atoms with Crippen molar-refractivity contribution in [3.05, 3.63) is 107 Å². The Morgan fingerprint density at radius 1 is 0.807 bits per heavy atom. The number of carbonyl (C=O) groups excluding carboxylic acids is 1. The number of nitrogens with one attached hydrogen (secondary N) is 2. The predicted molar refractivity (Wildman–Crippen MR) is 221 cm³/mol. The molecule has 4 rings (SSSR count). The van der Waals surface area contributed by atoms with Gasteiger partial charge in [-0.15, -0.1) is 0 Å². The van der Waals surface area contributed by atoms with Crippen LogP contribution in [0, 0.1) is 13.8 Å². The first-order valence-corrected chi connectivity index (χ1v) is 20.6. The molecule has 0 aliphatic carbocycles. The Labute approximate surface area is 337 Å². The van der Waals surface area contributed by atoms with Gasteiger partial charge in [-0.3, -0.25) is 0 Å². The SMILES string of the molecule is CCOC(=O)COc1cc(C)c(CCN[C@@H](C)[C@H](O)c2ccc(O)cc2)cc1C.CCOc1ccccc1OCCN[C@H](C)Cc1ccc(OC)c(S(N)(=O)=O)c1. The van der Waals surface area contributed by atoms with Crippen LogP contribution in [0.4, 0.5) is 0 Å². The Balaban J connectivity index is 0.000000306. The maximum absolute atomic E-state index is 11.7. The maximum Gasteiger partial charge on any atom is 0.344 e. The number of phenols is 1. The second kappa shape index (κ2) is 23.4. The van der Waals surface area contributed by atoms with Crippen molar-refractivity contribution >= 4 is 16.0 Å². The highest BCUT2D eigenvalue weighted by Crippen LogP contribution is 2.27. The number of hydrogen-bond donors (Lipinski definition) is 5. The molecule has 0 spiro atoms. The molecule has 3 atom stereocenters. The summed E-state index contributed by atoms with van der Waals surface area (Å²) < 4.78 is 50.3.